The topological polar surface area (TPSA) is 3.24 Å². The van der Waals surface area contributed by atoms with Crippen LogP contribution in [0, 0.1) is 0 Å². The molecule has 0 aliphatic carbocycles. The van der Waals surface area contributed by atoms with Gasteiger partial charge < -0.3 is 4.90 Å². The van der Waals surface area contributed by atoms with Crippen LogP contribution in [-0.2, 0) is 0 Å². The molecule has 10 aromatic rings. The molecule has 0 fully saturated rings. The molecule has 1 heteroatoms. The van der Waals surface area contributed by atoms with Crippen molar-refractivity contribution in [2.75, 3.05) is 4.90 Å². The second kappa shape index (κ2) is 15.0. The lowest BCUT2D eigenvalue weighted by molar-refractivity contribution is 1.28. The average molecular weight is 726 g/mol. The molecule has 0 saturated heterocycles. The van der Waals surface area contributed by atoms with Crippen molar-refractivity contribution >= 4 is 38.6 Å². The fourth-order valence-corrected chi connectivity index (χ4v) is 8.34. The van der Waals surface area contributed by atoms with E-state index in [1.165, 1.54) is 71.6 Å². The van der Waals surface area contributed by atoms with Gasteiger partial charge in [0.2, 0.25) is 0 Å². The zero-order chi connectivity index (χ0) is 38.0. The summed E-state index contributed by atoms with van der Waals surface area (Å²) in [7, 11) is 0. The van der Waals surface area contributed by atoms with Gasteiger partial charge in [0.05, 0.1) is 0 Å². The van der Waals surface area contributed by atoms with Crippen molar-refractivity contribution in [3.05, 3.63) is 237 Å². The first-order valence-corrected chi connectivity index (χ1v) is 19.6. The first-order chi connectivity index (χ1) is 28.3. The van der Waals surface area contributed by atoms with Gasteiger partial charge in [-0.1, -0.05) is 194 Å². The smallest absolute Gasteiger partial charge is 0.0467 e. The van der Waals surface area contributed by atoms with Gasteiger partial charge in [-0.15, -0.1) is 0 Å². The van der Waals surface area contributed by atoms with E-state index in [1.54, 1.807) is 0 Å². The van der Waals surface area contributed by atoms with Crippen LogP contribution >= 0.6 is 0 Å². The van der Waals surface area contributed by atoms with Crippen LogP contribution in [0.15, 0.2) is 237 Å². The zero-order valence-electron chi connectivity index (χ0n) is 31.5. The summed E-state index contributed by atoms with van der Waals surface area (Å²) in [6, 6.07) is 85.6. The largest absolute Gasteiger partial charge is 0.310 e. The van der Waals surface area contributed by atoms with Gasteiger partial charge in [-0.2, -0.15) is 0 Å². The summed E-state index contributed by atoms with van der Waals surface area (Å²) < 4.78 is 0. The highest BCUT2D eigenvalue weighted by Crippen LogP contribution is 2.45. The molecule has 0 spiro atoms. The Morgan fingerprint density at radius 1 is 0.193 bits per heavy atom. The number of hydrogen-bond acceptors (Lipinski definition) is 1. The third-order valence-electron chi connectivity index (χ3n) is 11.0. The Hall–Kier alpha value is -7.48. The Morgan fingerprint density at radius 3 is 1.05 bits per heavy atom. The lowest BCUT2D eigenvalue weighted by Crippen LogP contribution is -2.10. The van der Waals surface area contributed by atoms with Gasteiger partial charge in [0.15, 0.2) is 0 Å². The van der Waals surface area contributed by atoms with E-state index in [2.05, 4.69) is 241 Å². The molecule has 0 radical (unpaired) electrons. The van der Waals surface area contributed by atoms with Crippen LogP contribution in [0.4, 0.5) is 17.1 Å². The van der Waals surface area contributed by atoms with Crippen molar-refractivity contribution in [3.8, 4) is 55.6 Å². The molecular formula is C56H39N. The highest BCUT2D eigenvalue weighted by Gasteiger charge is 2.19. The molecule has 10 aromatic carbocycles. The molecule has 0 atom stereocenters. The van der Waals surface area contributed by atoms with E-state index in [9.17, 15) is 0 Å². The van der Waals surface area contributed by atoms with E-state index in [0.717, 1.165) is 22.6 Å². The number of fused-ring (bicyclic) bond motifs is 3. The van der Waals surface area contributed by atoms with Gasteiger partial charge >= 0.3 is 0 Å². The summed E-state index contributed by atoms with van der Waals surface area (Å²) in [5.74, 6) is 0. The molecule has 1 nitrogen and oxygen atoms in total. The van der Waals surface area contributed by atoms with Crippen LogP contribution in [0.3, 0.4) is 0 Å². The molecule has 0 N–H and O–H groups in total. The van der Waals surface area contributed by atoms with Gasteiger partial charge in [0.1, 0.15) is 0 Å². The van der Waals surface area contributed by atoms with E-state index in [-0.39, 0.29) is 0 Å². The van der Waals surface area contributed by atoms with Gasteiger partial charge in [-0.05, 0) is 120 Å². The monoisotopic (exact) mass is 725 g/mol. The highest BCUT2D eigenvalue weighted by atomic mass is 15.1. The molecule has 0 bridgehead atoms. The van der Waals surface area contributed by atoms with Crippen molar-refractivity contribution in [1.82, 2.24) is 0 Å². The Kier molecular flexibility index (Phi) is 8.95. The lowest BCUT2D eigenvalue weighted by atomic mass is 9.84. The van der Waals surface area contributed by atoms with E-state index in [1.807, 2.05) is 0 Å². The lowest BCUT2D eigenvalue weighted by Gasteiger charge is -2.26. The second-order valence-electron chi connectivity index (χ2n) is 14.5. The highest BCUT2D eigenvalue weighted by molar-refractivity contribution is 6.21. The fraction of sp³-hybridized carbons (Fsp3) is 0. The van der Waals surface area contributed by atoms with Crippen LogP contribution in [0.25, 0.3) is 77.2 Å². The maximum absolute atomic E-state index is 2.37. The second-order valence-corrected chi connectivity index (χ2v) is 14.5. The third kappa shape index (κ3) is 6.56. The Balaban J connectivity index is 1.10. The molecule has 0 amide bonds. The maximum atomic E-state index is 2.37. The molecule has 0 aliphatic heterocycles. The SMILES string of the molecule is c1ccc(-c2ccc(N(c3ccc(-c4ccccc4)cc3)c3cccc(-c4cccc(-c5c(-c6ccccc6)c6ccccc6c6ccccc56)c4)c3)cc2)cc1. The van der Waals surface area contributed by atoms with Crippen molar-refractivity contribution in [2.45, 2.75) is 0 Å². The Bertz CT molecular complexity index is 2890. The summed E-state index contributed by atoms with van der Waals surface area (Å²) in [4.78, 5) is 2.36. The predicted molar refractivity (Wildman–Crippen MR) is 243 cm³/mol. The van der Waals surface area contributed by atoms with Crippen LogP contribution in [0.1, 0.15) is 0 Å². The molecule has 0 aromatic heterocycles. The van der Waals surface area contributed by atoms with Crippen molar-refractivity contribution in [3.63, 3.8) is 0 Å². The van der Waals surface area contributed by atoms with Crippen LogP contribution in [0.2, 0.25) is 0 Å². The molecule has 0 heterocycles. The minimum absolute atomic E-state index is 1.10. The normalized spacial score (nSPS) is 11.2. The number of benzene rings is 10. The summed E-state index contributed by atoms with van der Waals surface area (Å²) in [6.07, 6.45) is 0. The van der Waals surface area contributed by atoms with E-state index in [4.69, 9.17) is 0 Å². The minimum atomic E-state index is 1.10. The number of nitrogens with zero attached hydrogens (tertiary/aromatic N) is 1. The van der Waals surface area contributed by atoms with Crippen LogP contribution in [0.5, 0.6) is 0 Å². The van der Waals surface area contributed by atoms with Crippen LogP contribution < -0.4 is 4.90 Å². The molecule has 0 saturated carbocycles. The molecule has 10 rings (SSSR count). The Labute approximate surface area is 334 Å². The van der Waals surface area contributed by atoms with Gasteiger partial charge in [0.25, 0.3) is 0 Å². The van der Waals surface area contributed by atoms with Gasteiger partial charge in [-0.25, -0.2) is 0 Å². The van der Waals surface area contributed by atoms with Crippen molar-refractivity contribution < 1.29 is 0 Å². The average Bonchev–Trinajstić information content (AvgIpc) is 3.30. The first-order valence-electron chi connectivity index (χ1n) is 19.6. The van der Waals surface area contributed by atoms with E-state index < -0.39 is 0 Å². The van der Waals surface area contributed by atoms with Gasteiger partial charge in [-0.3, -0.25) is 0 Å². The standard InChI is InChI=1S/C56H39N/c1-4-16-40(17-5-1)42-30-34-48(35-31-42)57(49-36-32-43(33-37-49)41-18-6-2-7-19-41)50-25-15-23-46(39-50)45-22-14-24-47(38-45)56-54-29-13-11-27-52(54)51-26-10-12-28-53(51)55(56)44-20-8-3-9-21-44/h1-39H. The van der Waals surface area contributed by atoms with E-state index in [0.29, 0.717) is 0 Å². The van der Waals surface area contributed by atoms with E-state index >= 15 is 0 Å². The molecule has 0 aliphatic rings. The molecule has 57 heavy (non-hydrogen) atoms. The number of anilines is 3. The summed E-state index contributed by atoms with van der Waals surface area (Å²) >= 11 is 0. The minimum Gasteiger partial charge on any atom is -0.310 e. The van der Waals surface area contributed by atoms with Crippen LogP contribution in [-0.4, -0.2) is 0 Å². The molecular weight excluding hydrogens is 687 g/mol. The predicted octanol–water partition coefficient (Wildman–Crippen LogP) is 15.8. The summed E-state index contributed by atoms with van der Waals surface area (Å²) in [6.45, 7) is 0. The number of rotatable bonds is 8. The third-order valence-corrected chi connectivity index (χ3v) is 11.0. The summed E-state index contributed by atoms with van der Waals surface area (Å²) in [5, 5.41) is 5.05. The first kappa shape index (κ1) is 34.0. The molecule has 268 valence electrons. The van der Waals surface area contributed by atoms with Gasteiger partial charge in [0, 0.05) is 17.1 Å². The van der Waals surface area contributed by atoms with Crippen molar-refractivity contribution in [2.24, 2.45) is 0 Å². The molecule has 0 unspecified atom stereocenters. The number of hydrogen-bond donors (Lipinski definition) is 0. The van der Waals surface area contributed by atoms with Crippen molar-refractivity contribution in [1.29, 1.82) is 0 Å². The quantitative estimate of drug-likeness (QED) is 0.141. The maximum Gasteiger partial charge on any atom is 0.0467 e. The fourth-order valence-electron chi connectivity index (χ4n) is 8.34. The zero-order valence-corrected chi connectivity index (χ0v) is 31.5. The summed E-state index contributed by atoms with van der Waals surface area (Å²) in [5.41, 5.74) is 15.4. The Morgan fingerprint density at radius 2 is 0.544 bits per heavy atom.